The molecule has 0 aliphatic carbocycles. The molecule has 2 heterocycles. The average Bonchev–Trinajstić information content (AvgIpc) is 3.02. The molecule has 4 rings (SSSR count). The lowest BCUT2D eigenvalue weighted by Gasteiger charge is -2.43. The zero-order valence-corrected chi connectivity index (χ0v) is 16.6. The lowest BCUT2D eigenvalue weighted by molar-refractivity contribution is -0.123. The van der Waals surface area contributed by atoms with Crippen LogP contribution in [0.2, 0.25) is 0 Å². The molecule has 2 fully saturated rings. The van der Waals surface area contributed by atoms with Crippen molar-refractivity contribution in [3.8, 4) is 5.75 Å². The van der Waals surface area contributed by atoms with Crippen LogP contribution in [0.4, 0.5) is 5.69 Å². The Hall–Kier alpha value is -2.38. The van der Waals surface area contributed by atoms with Crippen LogP contribution in [0.3, 0.4) is 0 Å². The van der Waals surface area contributed by atoms with Gasteiger partial charge in [0.05, 0.1) is 31.2 Å². The molecule has 2 saturated heterocycles. The van der Waals surface area contributed by atoms with Gasteiger partial charge in [-0.15, -0.1) is 0 Å². The molecule has 0 radical (unpaired) electrons. The van der Waals surface area contributed by atoms with Crippen LogP contribution in [0, 0.1) is 0 Å². The number of methoxy groups -OCH3 is 1. The first-order chi connectivity index (χ1) is 13.5. The number of fused-ring (bicyclic) bond motifs is 1. The number of benzene rings is 2. The summed E-state index contributed by atoms with van der Waals surface area (Å²) in [7, 11) is -1.59. The van der Waals surface area contributed by atoms with Crippen LogP contribution >= 0.6 is 0 Å². The molecule has 6 nitrogen and oxygen atoms in total. The smallest absolute Gasteiger partial charge is 0.241 e. The van der Waals surface area contributed by atoms with Gasteiger partial charge in [-0.05, 0) is 36.2 Å². The summed E-state index contributed by atoms with van der Waals surface area (Å²) in [6, 6.07) is 16.8. The predicted molar refractivity (Wildman–Crippen MR) is 108 cm³/mol. The third-order valence-corrected chi connectivity index (χ3v) is 7.28. The second-order valence-electron chi connectivity index (χ2n) is 7.38. The average molecular weight is 401 g/mol. The highest BCUT2D eigenvalue weighted by Gasteiger charge is 2.49. The summed E-state index contributed by atoms with van der Waals surface area (Å²) in [5, 5.41) is 0. The Labute approximate surface area is 165 Å². The highest BCUT2D eigenvalue weighted by Crippen LogP contribution is 2.32. The van der Waals surface area contributed by atoms with E-state index in [1.165, 1.54) is 5.56 Å². The van der Waals surface area contributed by atoms with Crippen LogP contribution in [0.15, 0.2) is 54.6 Å². The van der Waals surface area contributed by atoms with Crippen LogP contribution in [0.5, 0.6) is 5.75 Å². The van der Waals surface area contributed by atoms with Crippen molar-refractivity contribution in [1.29, 1.82) is 0 Å². The van der Waals surface area contributed by atoms with Crippen molar-refractivity contribution in [2.75, 3.05) is 36.6 Å². The fourth-order valence-electron chi connectivity index (χ4n) is 4.20. The Morgan fingerprint density at radius 2 is 1.68 bits per heavy atom. The van der Waals surface area contributed by atoms with Gasteiger partial charge < -0.3 is 9.64 Å². The maximum Gasteiger partial charge on any atom is 0.241 e. The Kier molecular flexibility index (Phi) is 5.12. The third kappa shape index (κ3) is 3.77. The van der Waals surface area contributed by atoms with Crippen molar-refractivity contribution in [2.45, 2.75) is 18.5 Å². The monoisotopic (exact) mass is 400 g/mol. The Morgan fingerprint density at radius 1 is 1.00 bits per heavy atom. The Balaban J connectivity index is 1.58. The normalized spacial score (nSPS) is 24.2. The highest BCUT2D eigenvalue weighted by atomic mass is 32.2. The SMILES string of the molecule is COc1ccc(N2C(=O)CN(CCc3ccccc3)[C@@H]3CS(=O)(=O)C[C@@H]32)cc1. The fraction of sp³-hybridized carbons (Fsp3) is 0.381. The molecule has 0 spiro atoms. The van der Waals surface area contributed by atoms with Crippen molar-refractivity contribution in [1.82, 2.24) is 4.90 Å². The van der Waals surface area contributed by atoms with Crippen molar-refractivity contribution in [2.24, 2.45) is 0 Å². The zero-order valence-electron chi connectivity index (χ0n) is 15.8. The number of amides is 1. The lowest BCUT2D eigenvalue weighted by Crippen LogP contribution is -2.62. The first kappa shape index (κ1) is 19.0. The molecule has 2 aromatic carbocycles. The number of ether oxygens (including phenoxy) is 1. The van der Waals surface area contributed by atoms with E-state index in [1.54, 1.807) is 24.1 Å². The number of carbonyl (C=O) groups is 1. The number of sulfone groups is 1. The van der Waals surface area contributed by atoms with Gasteiger partial charge in [-0.2, -0.15) is 0 Å². The minimum absolute atomic E-state index is 0.0112. The molecule has 2 aliphatic rings. The van der Waals surface area contributed by atoms with Gasteiger partial charge in [0.15, 0.2) is 9.84 Å². The van der Waals surface area contributed by atoms with Crippen LogP contribution in [-0.2, 0) is 21.1 Å². The highest BCUT2D eigenvalue weighted by molar-refractivity contribution is 7.91. The van der Waals surface area contributed by atoms with Gasteiger partial charge in [-0.1, -0.05) is 30.3 Å². The van der Waals surface area contributed by atoms with E-state index >= 15 is 0 Å². The van der Waals surface area contributed by atoms with Gasteiger partial charge in [0.25, 0.3) is 0 Å². The second kappa shape index (κ2) is 7.56. The summed E-state index contributed by atoms with van der Waals surface area (Å²) < 4.78 is 30.0. The van der Waals surface area contributed by atoms with Crippen LogP contribution < -0.4 is 9.64 Å². The molecule has 148 valence electrons. The Bertz CT molecular complexity index is 944. The Morgan fingerprint density at radius 3 is 2.36 bits per heavy atom. The number of rotatable bonds is 5. The van der Waals surface area contributed by atoms with E-state index in [2.05, 4.69) is 12.1 Å². The van der Waals surface area contributed by atoms with Gasteiger partial charge >= 0.3 is 0 Å². The zero-order chi connectivity index (χ0) is 19.7. The van der Waals surface area contributed by atoms with E-state index < -0.39 is 9.84 Å². The molecule has 2 atom stereocenters. The first-order valence-electron chi connectivity index (χ1n) is 9.41. The van der Waals surface area contributed by atoms with Crippen LogP contribution in [-0.4, -0.2) is 63.0 Å². The van der Waals surface area contributed by atoms with Gasteiger partial charge in [0.2, 0.25) is 5.91 Å². The van der Waals surface area contributed by atoms with Gasteiger partial charge in [-0.25, -0.2) is 8.42 Å². The summed E-state index contributed by atoms with van der Waals surface area (Å²) in [4.78, 5) is 16.7. The number of nitrogens with zero attached hydrogens (tertiary/aromatic N) is 2. The van der Waals surface area contributed by atoms with Crippen molar-refractivity contribution < 1.29 is 17.9 Å². The van der Waals surface area contributed by atoms with Gasteiger partial charge in [0.1, 0.15) is 5.75 Å². The molecule has 2 aromatic rings. The van der Waals surface area contributed by atoms with E-state index in [1.807, 2.05) is 35.2 Å². The molecule has 7 heteroatoms. The van der Waals surface area contributed by atoms with Crippen molar-refractivity contribution in [3.05, 3.63) is 60.2 Å². The topological polar surface area (TPSA) is 66.9 Å². The van der Waals surface area contributed by atoms with Crippen LogP contribution in [0.25, 0.3) is 0 Å². The van der Waals surface area contributed by atoms with Crippen molar-refractivity contribution >= 4 is 21.4 Å². The van der Waals surface area contributed by atoms with Gasteiger partial charge in [0, 0.05) is 18.3 Å². The largest absolute Gasteiger partial charge is 0.497 e. The van der Waals surface area contributed by atoms with E-state index in [0.717, 1.165) is 12.1 Å². The molecule has 2 aliphatic heterocycles. The molecule has 1 amide bonds. The molecular formula is C21H24N2O4S. The van der Waals surface area contributed by atoms with Crippen molar-refractivity contribution in [3.63, 3.8) is 0 Å². The fourth-order valence-corrected chi connectivity index (χ4v) is 6.18. The summed E-state index contributed by atoms with van der Waals surface area (Å²) in [5.74, 6) is 0.758. The maximum absolute atomic E-state index is 13.0. The van der Waals surface area contributed by atoms with E-state index in [-0.39, 0.29) is 36.0 Å². The van der Waals surface area contributed by atoms with Crippen LogP contribution in [0.1, 0.15) is 5.56 Å². The maximum atomic E-state index is 13.0. The standard InChI is InChI=1S/C21H24N2O4S/c1-27-18-9-7-17(8-10-18)23-20-15-28(25,26)14-19(20)22(13-21(23)24)12-11-16-5-3-2-4-6-16/h2-10,19-20H,11-15H2,1H3/t19-,20+/m1/s1. The second-order valence-corrected chi connectivity index (χ2v) is 9.53. The minimum atomic E-state index is -3.18. The predicted octanol–water partition coefficient (Wildman–Crippen LogP) is 1.75. The quantitative estimate of drug-likeness (QED) is 0.765. The molecule has 0 N–H and O–H groups in total. The molecule has 0 unspecified atom stereocenters. The van der Waals surface area contributed by atoms with Gasteiger partial charge in [-0.3, -0.25) is 9.69 Å². The van der Waals surface area contributed by atoms with E-state index in [0.29, 0.717) is 12.3 Å². The lowest BCUT2D eigenvalue weighted by atomic mass is 10.0. The molecule has 28 heavy (non-hydrogen) atoms. The summed E-state index contributed by atoms with van der Waals surface area (Å²) in [6.45, 7) is 0.901. The number of piperazine rings is 1. The molecule has 0 saturated carbocycles. The molecule has 0 aromatic heterocycles. The molecular weight excluding hydrogens is 376 g/mol. The van der Waals surface area contributed by atoms with E-state index in [4.69, 9.17) is 4.74 Å². The van der Waals surface area contributed by atoms with E-state index in [9.17, 15) is 13.2 Å². The number of carbonyl (C=O) groups excluding carboxylic acids is 1. The minimum Gasteiger partial charge on any atom is -0.497 e. The summed E-state index contributed by atoms with van der Waals surface area (Å²) in [6.07, 6.45) is 0.792. The first-order valence-corrected chi connectivity index (χ1v) is 11.2. The summed E-state index contributed by atoms with van der Waals surface area (Å²) in [5.41, 5.74) is 1.91. The number of hydrogen-bond acceptors (Lipinski definition) is 5. The number of hydrogen-bond donors (Lipinski definition) is 0. The number of anilines is 1. The molecule has 0 bridgehead atoms. The third-order valence-electron chi connectivity index (χ3n) is 5.58. The summed E-state index contributed by atoms with van der Waals surface area (Å²) >= 11 is 0.